The molecule has 0 saturated heterocycles. The largest absolute Gasteiger partial charge is 0.390 e. The molecule has 1 rings (SSSR count). The summed E-state index contributed by atoms with van der Waals surface area (Å²) in [5.74, 6) is 0. The molecule has 1 aromatic rings. The van der Waals surface area contributed by atoms with E-state index in [4.69, 9.17) is 4.74 Å². The molecule has 1 unspecified atom stereocenters. The fourth-order valence-electron chi connectivity index (χ4n) is 1.52. The second kappa shape index (κ2) is 5.46. The summed E-state index contributed by atoms with van der Waals surface area (Å²) in [5, 5.41) is 10.0. The normalized spacial score (nSPS) is 13.8. The molecule has 0 spiro atoms. The van der Waals surface area contributed by atoms with Crippen molar-refractivity contribution in [1.29, 1.82) is 0 Å². The third-order valence-electron chi connectivity index (χ3n) is 3.19. The van der Waals surface area contributed by atoms with E-state index >= 15 is 0 Å². The van der Waals surface area contributed by atoms with Crippen molar-refractivity contribution in [2.24, 2.45) is 0 Å². The maximum absolute atomic E-state index is 10.0. The third-order valence-corrected chi connectivity index (χ3v) is 3.19. The minimum absolute atomic E-state index is 0.482. The Bertz CT molecular complexity index is 314. The van der Waals surface area contributed by atoms with Gasteiger partial charge in [-0.2, -0.15) is 0 Å². The number of hydrogen-bond donors (Lipinski definition) is 1. The van der Waals surface area contributed by atoms with Gasteiger partial charge >= 0.3 is 0 Å². The molecule has 0 aliphatic carbocycles. The minimum atomic E-state index is -0.497. The van der Waals surface area contributed by atoms with Gasteiger partial charge in [-0.05, 0) is 31.4 Å². The standard InChI is InChI=1S/C14H22O2/c1-5-11-6-8-12(9-7-11)10-13(15)14(2,3)16-4/h6-9,13,15H,5,10H2,1-4H3. The van der Waals surface area contributed by atoms with Crippen molar-refractivity contribution in [3.8, 4) is 0 Å². The van der Waals surface area contributed by atoms with Crippen LogP contribution in [-0.4, -0.2) is 23.9 Å². The molecule has 0 heterocycles. The molecule has 0 radical (unpaired) electrons. The van der Waals surface area contributed by atoms with E-state index in [0.29, 0.717) is 6.42 Å². The van der Waals surface area contributed by atoms with Crippen molar-refractivity contribution < 1.29 is 9.84 Å². The van der Waals surface area contributed by atoms with Crippen LogP contribution >= 0.6 is 0 Å². The highest BCUT2D eigenvalue weighted by atomic mass is 16.5. The molecule has 0 aliphatic rings. The third kappa shape index (κ3) is 3.32. The molecule has 1 atom stereocenters. The average molecular weight is 222 g/mol. The average Bonchev–Trinajstić information content (AvgIpc) is 2.30. The van der Waals surface area contributed by atoms with Crippen LogP contribution < -0.4 is 0 Å². The number of aliphatic hydroxyl groups is 1. The smallest absolute Gasteiger partial charge is 0.0883 e. The molecular formula is C14H22O2. The van der Waals surface area contributed by atoms with E-state index in [0.717, 1.165) is 12.0 Å². The lowest BCUT2D eigenvalue weighted by atomic mass is 9.94. The quantitative estimate of drug-likeness (QED) is 0.829. The predicted molar refractivity (Wildman–Crippen MR) is 66.6 cm³/mol. The van der Waals surface area contributed by atoms with Crippen molar-refractivity contribution in [3.63, 3.8) is 0 Å². The molecule has 0 amide bonds. The van der Waals surface area contributed by atoms with Gasteiger partial charge in [0.1, 0.15) is 0 Å². The fraction of sp³-hybridized carbons (Fsp3) is 0.571. The Hall–Kier alpha value is -0.860. The van der Waals surface area contributed by atoms with E-state index in [2.05, 4.69) is 31.2 Å². The molecule has 0 bridgehead atoms. The van der Waals surface area contributed by atoms with Crippen LogP contribution in [0.2, 0.25) is 0 Å². The molecule has 1 aromatic carbocycles. The van der Waals surface area contributed by atoms with Gasteiger partial charge in [-0.25, -0.2) is 0 Å². The summed E-state index contributed by atoms with van der Waals surface area (Å²) in [6, 6.07) is 8.38. The molecule has 90 valence electrons. The van der Waals surface area contributed by atoms with Crippen molar-refractivity contribution >= 4 is 0 Å². The second-order valence-corrected chi connectivity index (χ2v) is 4.70. The molecule has 1 N–H and O–H groups in total. The van der Waals surface area contributed by atoms with Gasteiger partial charge in [0.2, 0.25) is 0 Å². The van der Waals surface area contributed by atoms with Crippen LogP contribution in [-0.2, 0) is 17.6 Å². The van der Waals surface area contributed by atoms with E-state index < -0.39 is 11.7 Å². The molecule has 2 heteroatoms. The van der Waals surface area contributed by atoms with Crippen LogP contribution in [0.25, 0.3) is 0 Å². The monoisotopic (exact) mass is 222 g/mol. The zero-order chi connectivity index (χ0) is 12.2. The Kier molecular flexibility index (Phi) is 4.51. The Morgan fingerprint density at radius 2 is 1.69 bits per heavy atom. The summed E-state index contributed by atoms with van der Waals surface area (Å²) in [6.07, 6.45) is 1.20. The van der Waals surface area contributed by atoms with E-state index in [1.54, 1.807) is 7.11 Å². The Morgan fingerprint density at radius 1 is 1.19 bits per heavy atom. The van der Waals surface area contributed by atoms with Crippen molar-refractivity contribution in [2.45, 2.75) is 45.3 Å². The molecular weight excluding hydrogens is 200 g/mol. The topological polar surface area (TPSA) is 29.5 Å². The van der Waals surface area contributed by atoms with Crippen LogP contribution in [0.3, 0.4) is 0 Å². The number of aliphatic hydroxyl groups excluding tert-OH is 1. The molecule has 0 saturated carbocycles. The first-order valence-electron chi connectivity index (χ1n) is 5.80. The SMILES string of the molecule is CCc1ccc(CC(O)C(C)(C)OC)cc1. The first kappa shape index (κ1) is 13.2. The highest BCUT2D eigenvalue weighted by Crippen LogP contribution is 2.18. The van der Waals surface area contributed by atoms with Crippen LogP contribution in [0.15, 0.2) is 24.3 Å². The number of aryl methyl sites for hydroxylation is 1. The fourth-order valence-corrected chi connectivity index (χ4v) is 1.52. The second-order valence-electron chi connectivity index (χ2n) is 4.70. The van der Waals surface area contributed by atoms with Gasteiger partial charge in [0.25, 0.3) is 0 Å². The van der Waals surface area contributed by atoms with Crippen molar-refractivity contribution in [2.75, 3.05) is 7.11 Å². The Morgan fingerprint density at radius 3 is 2.12 bits per heavy atom. The van der Waals surface area contributed by atoms with Gasteiger partial charge in [-0.15, -0.1) is 0 Å². The van der Waals surface area contributed by atoms with Crippen LogP contribution in [0.5, 0.6) is 0 Å². The highest BCUT2D eigenvalue weighted by Gasteiger charge is 2.27. The van der Waals surface area contributed by atoms with Crippen LogP contribution in [0, 0.1) is 0 Å². The number of ether oxygens (including phenoxy) is 1. The van der Waals surface area contributed by atoms with E-state index in [-0.39, 0.29) is 0 Å². The van der Waals surface area contributed by atoms with E-state index in [1.165, 1.54) is 5.56 Å². The first-order chi connectivity index (χ1) is 7.49. The number of hydrogen-bond acceptors (Lipinski definition) is 2. The summed E-state index contributed by atoms with van der Waals surface area (Å²) in [7, 11) is 1.63. The molecule has 16 heavy (non-hydrogen) atoms. The van der Waals surface area contributed by atoms with Crippen LogP contribution in [0.4, 0.5) is 0 Å². The van der Waals surface area contributed by atoms with E-state index in [9.17, 15) is 5.11 Å². The summed E-state index contributed by atoms with van der Waals surface area (Å²) >= 11 is 0. The van der Waals surface area contributed by atoms with Crippen molar-refractivity contribution in [3.05, 3.63) is 35.4 Å². The predicted octanol–water partition coefficient (Wildman–Crippen LogP) is 2.58. The zero-order valence-corrected chi connectivity index (χ0v) is 10.7. The lowest BCUT2D eigenvalue weighted by Gasteiger charge is -2.29. The van der Waals surface area contributed by atoms with Gasteiger partial charge in [0.15, 0.2) is 0 Å². The van der Waals surface area contributed by atoms with Gasteiger partial charge < -0.3 is 9.84 Å². The van der Waals surface area contributed by atoms with Crippen molar-refractivity contribution in [1.82, 2.24) is 0 Å². The minimum Gasteiger partial charge on any atom is -0.390 e. The molecule has 0 aromatic heterocycles. The molecule has 2 nitrogen and oxygen atoms in total. The number of benzene rings is 1. The molecule has 0 fully saturated rings. The summed E-state index contributed by atoms with van der Waals surface area (Å²) in [6.45, 7) is 5.94. The number of rotatable bonds is 5. The lowest BCUT2D eigenvalue weighted by Crippen LogP contribution is -2.39. The summed E-state index contributed by atoms with van der Waals surface area (Å²) in [4.78, 5) is 0. The van der Waals surface area contributed by atoms with Gasteiger partial charge in [0, 0.05) is 13.5 Å². The lowest BCUT2D eigenvalue weighted by molar-refractivity contribution is -0.0764. The summed E-state index contributed by atoms with van der Waals surface area (Å²) < 4.78 is 5.27. The Labute approximate surface area is 98.3 Å². The summed E-state index contributed by atoms with van der Waals surface area (Å²) in [5.41, 5.74) is 1.97. The maximum Gasteiger partial charge on any atom is 0.0883 e. The molecule has 0 aliphatic heterocycles. The van der Waals surface area contributed by atoms with E-state index in [1.807, 2.05) is 13.8 Å². The maximum atomic E-state index is 10.0. The van der Waals surface area contributed by atoms with Crippen LogP contribution in [0.1, 0.15) is 31.9 Å². The first-order valence-corrected chi connectivity index (χ1v) is 5.80. The zero-order valence-electron chi connectivity index (χ0n) is 10.7. The van der Waals surface area contributed by atoms with Gasteiger partial charge in [-0.3, -0.25) is 0 Å². The number of methoxy groups -OCH3 is 1. The highest BCUT2D eigenvalue weighted by molar-refractivity contribution is 5.23. The Balaban J connectivity index is 2.66. The van der Waals surface area contributed by atoms with Gasteiger partial charge in [0.05, 0.1) is 11.7 Å². The van der Waals surface area contributed by atoms with Gasteiger partial charge in [-0.1, -0.05) is 31.2 Å².